The summed E-state index contributed by atoms with van der Waals surface area (Å²) in [5.41, 5.74) is 7.17. The molecule has 0 spiro atoms. The Morgan fingerprint density at radius 3 is 2.56 bits per heavy atom. The van der Waals surface area contributed by atoms with Crippen LogP contribution in [0.2, 0.25) is 0 Å². The first-order chi connectivity index (χ1) is 17.4. The quantitative estimate of drug-likeness (QED) is 0.423. The van der Waals surface area contributed by atoms with Crippen molar-refractivity contribution in [1.29, 1.82) is 0 Å². The van der Waals surface area contributed by atoms with Crippen molar-refractivity contribution in [3.8, 4) is 5.82 Å². The van der Waals surface area contributed by atoms with Gasteiger partial charge in [-0.1, -0.05) is 49.6 Å². The fourth-order valence-electron chi connectivity index (χ4n) is 4.69. The molecule has 1 aliphatic rings. The molecule has 36 heavy (non-hydrogen) atoms. The van der Waals surface area contributed by atoms with Crippen LogP contribution in [0, 0.1) is 0 Å². The predicted molar refractivity (Wildman–Crippen MR) is 135 cm³/mol. The summed E-state index contributed by atoms with van der Waals surface area (Å²) in [5, 5.41) is 7.34. The number of primary amides is 1. The smallest absolute Gasteiger partial charge is 0.287 e. The molecule has 1 aromatic carbocycles. The Bertz CT molecular complexity index is 1200. The van der Waals surface area contributed by atoms with Crippen molar-refractivity contribution in [1.82, 2.24) is 25.0 Å². The zero-order valence-corrected chi connectivity index (χ0v) is 20.5. The van der Waals surface area contributed by atoms with Gasteiger partial charge in [0.15, 0.2) is 5.82 Å². The molecule has 2 heterocycles. The second-order valence-electron chi connectivity index (χ2n) is 9.28. The van der Waals surface area contributed by atoms with E-state index < -0.39 is 23.6 Å². The number of amides is 2. The summed E-state index contributed by atoms with van der Waals surface area (Å²) in [7, 11) is 2.12. The number of hydrogen-bond donors (Lipinski definition) is 2. The highest BCUT2D eigenvalue weighted by molar-refractivity contribution is 6.38. The average Bonchev–Trinajstić information content (AvgIpc) is 3.37. The van der Waals surface area contributed by atoms with Crippen LogP contribution in [-0.2, 0) is 22.6 Å². The third kappa shape index (κ3) is 6.23. The molecule has 1 saturated carbocycles. The lowest BCUT2D eigenvalue weighted by Crippen LogP contribution is -2.47. The summed E-state index contributed by atoms with van der Waals surface area (Å²) in [4.78, 5) is 44.1. The molecule has 1 atom stereocenters. The molecule has 4 rings (SSSR count). The molecule has 9 heteroatoms. The van der Waals surface area contributed by atoms with Crippen LogP contribution >= 0.6 is 0 Å². The molecule has 2 amide bonds. The van der Waals surface area contributed by atoms with Gasteiger partial charge in [-0.25, -0.2) is 9.67 Å². The van der Waals surface area contributed by atoms with E-state index in [-0.39, 0.29) is 12.0 Å². The van der Waals surface area contributed by atoms with Crippen LogP contribution in [0.4, 0.5) is 0 Å². The lowest BCUT2D eigenvalue weighted by molar-refractivity contribution is -0.137. The van der Waals surface area contributed by atoms with Gasteiger partial charge >= 0.3 is 0 Å². The van der Waals surface area contributed by atoms with Gasteiger partial charge in [-0.15, -0.1) is 0 Å². The van der Waals surface area contributed by atoms with Crippen LogP contribution in [-0.4, -0.2) is 56.4 Å². The van der Waals surface area contributed by atoms with Crippen LogP contribution in [0.5, 0.6) is 0 Å². The van der Waals surface area contributed by atoms with Gasteiger partial charge in [0.25, 0.3) is 11.8 Å². The van der Waals surface area contributed by atoms with Gasteiger partial charge in [0.05, 0.1) is 11.3 Å². The van der Waals surface area contributed by atoms with E-state index in [9.17, 15) is 14.4 Å². The molecule has 188 valence electrons. The summed E-state index contributed by atoms with van der Waals surface area (Å²) < 4.78 is 1.57. The number of hydrogen-bond acceptors (Lipinski definition) is 6. The highest BCUT2D eigenvalue weighted by Crippen LogP contribution is 2.23. The lowest BCUT2D eigenvalue weighted by Gasteiger charge is -2.30. The van der Waals surface area contributed by atoms with E-state index in [4.69, 9.17) is 5.73 Å². The van der Waals surface area contributed by atoms with E-state index in [0.717, 1.165) is 11.3 Å². The van der Waals surface area contributed by atoms with Crippen LogP contribution < -0.4 is 11.1 Å². The van der Waals surface area contributed by atoms with Crippen molar-refractivity contribution in [2.24, 2.45) is 5.73 Å². The molecule has 2 aromatic heterocycles. The van der Waals surface area contributed by atoms with Gasteiger partial charge in [0.2, 0.25) is 5.78 Å². The SMILES string of the molecule is CN(Cc1ccn(-c2ncccc2C(=O)NC(Cc2ccccc2)C(=O)C(N)=O)n1)C1CCCCC1. The summed E-state index contributed by atoms with van der Waals surface area (Å²) in [6.45, 7) is 0.707. The van der Waals surface area contributed by atoms with Crippen molar-refractivity contribution in [2.75, 3.05) is 7.05 Å². The highest BCUT2D eigenvalue weighted by atomic mass is 16.2. The maximum atomic E-state index is 13.3. The highest BCUT2D eigenvalue weighted by Gasteiger charge is 2.27. The Morgan fingerprint density at radius 1 is 1.08 bits per heavy atom. The Labute approximate surface area is 210 Å². The van der Waals surface area contributed by atoms with Gasteiger partial charge < -0.3 is 11.1 Å². The first-order valence-electron chi connectivity index (χ1n) is 12.3. The normalized spacial score (nSPS) is 14.9. The predicted octanol–water partition coefficient (Wildman–Crippen LogP) is 2.43. The van der Waals surface area contributed by atoms with E-state index in [1.54, 1.807) is 29.2 Å². The molecule has 1 aliphatic carbocycles. The molecule has 3 N–H and O–H groups in total. The third-order valence-corrected chi connectivity index (χ3v) is 6.65. The largest absolute Gasteiger partial charge is 0.363 e. The van der Waals surface area contributed by atoms with Crippen molar-refractivity contribution in [3.05, 3.63) is 77.7 Å². The van der Waals surface area contributed by atoms with Crippen molar-refractivity contribution in [3.63, 3.8) is 0 Å². The molecule has 0 radical (unpaired) electrons. The van der Waals surface area contributed by atoms with Crippen LogP contribution in [0.15, 0.2) is 60.9 Å². The van der Waals surface area contributed by atoms with Crippen molar-refractivity contribution in [2.45, 2.75) is 57.2 Å². The number of carbonyl (C=O) groups excluding carboxylic acids is 3. The molecule has 0 aliphatic heterocycles. The van der Waals surface area contributed by atoms with Crippen molar-refractivity contribution >= 4 is 17.6 Å². The molecule has 3 aromatic rings. The Balaban J connectivity index is 1.51. The molecule has 0 bridgehead atoms. The minimum Gasteiger partial charge on any atom is -0.363 e. The van der Waals surface area contributed by atoms with E-state index >= 15 is 0 Å². The molecule has 1 fully saturated rings. The topological polar surface area (TPSA) is 123 Å². The van der Waals surface area contributed by atoms with Gasteiger partial charge in [0.1, 0.15) is 6.04 Å². The minimum absolute atomic E-state index is 0.142. The molecular formula is C27H32N6O3. The summed E-state index contributed by atoms with van der Waals surface area (Å²) >= 11 is 0. The van der Waals surface area contributed by atoms with E-state index in [2.05, 4.69) is 27.3 Å². The van der Waals surface area contributed by atoms with Crippen LogP contribution in [0.25, 0.3) is 5.82 Å². The van der Waals surface area contributed by atoms with E-state index in [0.29, 0.717) is 18.4 Å². The third-order valence-electron chi connectivity index (χ3n) is 6.65. The lowest BCUT2D eigenvalue weighted by atomic mass is 9.94. The second-order valence-corrected chi connectivity index (χ2v) is 9.28. The van der Waals surface area contributed by atoms with Crippen LogP contribution in [0.1, 0.15) is 53.7 Å². The number of Topliss-reactive ketones (excluding diaryl/α,β-unsaturated/α-hetero) is 1. The zero-order chi connectivity index (χ0) is 25.5. The fourth-order valence-corrected chi connectivity index (χ4v) is 4.69. The number of ketones is 1. The number of nitrogens with two attached hydrogens (primary N) is 1. The maximum absolute atomic E-state index is 13.3. The second kappa shape index (κ2) is 11.7. The summed E-state index contributed by atoms with van der Waals surface area (Å²) in [6, 6.07) is 13.8. The van der Waals surface area contributed by atoms with E-state index in [1.807, 2.05) is 36.4 Å². The van der Waals surface area contributed by atoms with Gasteiger partial charge in [-0.3, -0.25) is 19.3 Å². The minimum atomic E-state index is -1.10. The summed E-state index contributed by atoms with van der Waals surface area (Å²) in [5.74, 6) is -2.15. The standard InChI is InChI=1S/C27H32N6O3/c1-32(21-11-6-3-7-12-21)18-20-14-16-33(31-20)26-22(13-8-15-29-26)27(36)30-23(24(34)25(28)35)17-19-9-4-2-5-10-19/h2,4-5,8-10,13-16,21,23H,3,6-7,11-12,17-18H2,1H3,(H2,28,35)(H,30,36). The van der Waals surface area contributed by atoms with Crippen molar-refractivity contribution < 1.29 is 14.4 Å². The number of aromatic nitrogens is 3. The Kier molecular flexibility index (Phi) is 8.22. The monoisotopic (exact) mass is 488 g/mol. The first-order valence-corrected chi connectivity index (χ1v) is 12.3. The summed E-state index contributed by atoms with van der Waals surface area (Å²) in [6.07, 6.45) is 9.74. The van der Waals surface area contributed by atoms with Gasteiger partial charge in [-0.2, -0.15) is 5.10 Å². The first kappa shape index (κ1) is 25.2. The maximum Gasteiger partial charge on any atom is 0.287 e. The molecular weight excluding hydrogens is 456 g/mol. The number of rotatable bonds is 10. The number of carbonyl (C=O) groups is 3. The zero-order valence-electron chi connectivity index (χ0n) is 20.5. The van der Waals surface area contributed by atoms with Gasteiger partial charge in [0, 0.05) is 31.4 Å². The van der Waals surface area contributed by atoms with Gasteiger partial charge in [-0.05, 0) is 43.7 Å². The number of nitrogens with one attached hydrogen (secondary N) is 1. The Morgan fingerprint density at radius 2 is 1.83 bits per heavy atom. The molecule has 1 unspecified atom stereocenters. The average molecular weight is 489 g/mol. The number of pyridine rings is 1. The molecule has 0 saturated heterocycles. The number of nitrogens with zero attached hydrogens (tertiary/aromatic N) is 4. The van der Waals surface area contributed by atoms with E-state index in [1.165, 1.54) is 32.1 Å². The fraction of sp³-hybridized carbons (Fsp3) is 0.370. The van der Waals surface area contributed by atoms with Crippen LogP contribution in [0.3, 0.4) is 0 Å². The molecule has 9 nitrogen and oxygen atoms in total. The number of benzene rings is 1. The Hall–Kier alpha value is -3.85.